The average Bonchev–Trinajstić information content (AvgIpc) is 2.62. The second kappa shape index (κ2) is 8.04. The number of aryl methyl sites for hydroxylation is 1. The molecule has 0 saturated carbocycles. The molecule has 1 aliphatic heterocycles. The van der Waals surface area contributed by atoms with Crippen LogP contribution in [0.15, 0.2) is 42.5 Å². The lowest BCUT2D eigenvalue weighted by atomic mass is 10.0. The highest BCUT2D eigenvalue weighted by atomic mass is 16.5. The summed E-state index contributed by atoms with van der Waals surface area (Å²) in [6.45, 7) is 4.90. The lowest BCUT2D eigenvalue weighted by Gasteiger charge is -2.29. The smallest absolute Gasteiger partial charge is 0.228 e. The van der Waals surface area contributed by atoms with Crippen molar-refractivity contribution in [3.8, 4) is 5.75 Å². The highest BCUT2D eigenvalue weighted by Crippen LogP contribution is 2.29. The first-order valence-electron chi connectivity index (χ1n) is 8.99. The number of ether oxygens (including phenoxy) is 1. The van der Waals surface area contributed by atoms with Gasteiger partial charge in [-0.1, -0.05) is 12.1 Å². The van der Waals surface area contributed by atoms with E-state index in [-0.39, 0.29) is 11.8 Å². The number of carbonyl (C=O) groups excluding carboxylic acids is 2. The standard InChI is InChI=1S/C21H24N2O3/c1-3-26-19-9-6-16(7-10-19)13-21(25)22-18-8-11-20-17(14-18)5-4-12-23(20)15(2)24/h6-11,14H,3-5,12-13H2,1-2H3,(H,22,25). The molecule has 0 spiro atoms. The monoisotopic (exact) mass is 352 g/mol. The Kier molecular flexibility index (Phi) is 5.56. The van der Waals surface area contributed by atoms with Crippen molar-refractivity contribution in [2.24, 2.45) is 0 Å². The van der Waals surface area contributed by atoms with E-state index in [4.69, 9.17) is 4.74 Å². The third-order valence-electron chi connectivity index (χ3n) is 4.46. The Labute approximate surface area is 154 Å². The van der Waals surface area contributed by atoms with Gasteiger partial charge < -0.3 is 15.0 Å². The highest BCUT2D eigenvalue weighted by molar-refractivity contribution is 5.95. The van der Waals surface area contributed by atoms with Crippen molar-refractivity contribution < 1.29 is 14.3 Å². The molecule has 0 radical (unpaired) electrons. The summed E-state index contributed by atoms with van der Waals surface area (Å²) in [5.74, 6) is 0.799. The van der Waals surface area contributed by atoms with Crippen molar-refractivity contribution in [3.05, 3.63) is 53.6 Å². The Hall–Kier alpha value is -2.82. The first-order chi connectivity index (χ1) is 12.6. The predicted molar refractivity (Wildman–Crippen MR) is 103 cm³/mol. The van der Waals surface area contributed by atoms with Gasteiger partial charge in [-0.05, 0) is 61.2 Å². The van der Waals surface area contributed by atoms with Gasteiger partial charge in [-0.15, -0.1) is 0 Å². The Balaban J connectivity index is 1.65. The van der Waals surface area contributed by atoms with Crippen molar-refractivity contribution in [3.63, 3.8) is 0 Å². The number of rotatable bonds is 5. The van der Waals surface area contributed by atoms with Crippen LogP contribution in [0.25, 0.3) is 0 Å². The fourth-order valence-corrected chi connectivity index (χ4v) is 3.26. The van der Waals surface area contributed by atoms with Crippen LogP contribution in [-0.2, 0) is 22.4 Å². The normalized spacial score (nSPS) is 13.1. The number of nitrogens with zero attached hydrogens (tertiary/aromatic N) is 1. The topological polar surface area (TPSA) is 58.6 Å². The Morgan fingerprint density at radius 1 is 1.15 bits per heavy atom. The molecule has 2 aromatic rings. The van der Waals surface area contributed by atoms with E-state index >= 15 is 0 Å². The van der Waals surface area contributed by atoms with Crippen LogP contribution in [0.5, 0.6) is 5.75 Å². The number of carbonyl (C=O) groups is 2. The minimum absolute atomic E-state index is 0.0539. The van der Waals surface area contributed by atoms with Crippen LogP contribution in [0.2, 0.25) is 0 Å². The molecular formula is C21H24N2O3. The fraction of sp³-hybridized carbons (Fsp3) is 0.333. The third kappa shape index (κ3) is 4.23. The molecule has 0 aliphatic carbocycles. The molecule has 0 aromatic heterocycles. The van der Waals surface area contributed by atoms with Gasteiger partial charge >= 0.3 is 0 Å². The second-order valence-electron chi connectivity index (χ2n) is 6.42. The summed E-state index contributed by atoms with van der Waals surface area (Å²) in [7, 11) is 0. The van der Waals surface area contributed by atoms with Gasteiger partial charge in [0, 0.05) is 24.8 Å². The van der Waals surface area contributed by atoms with Crippen LogP contribution in [0, 0.1) is 0 Å². The molecule has 0 fully saturated rings. The van der Waals surface area contributed by atoms with Crippen LogP contribution < -0.4 is 15.0 Å². The molecule has 5 heteroatoms. The maximum absolute atomic E-state index is 12.3. The van der Waals surface area contributed by atoms with E-state index in [1.54, 1.807) is 11.8 Å². The number of anilines is 2. The number of hydrogen-bond acceptors (Lipinski definition) is 3. The molecule has 26 heavy (non-hydrogen) atoms. The van der Waals surface area contributed by atoms with E-state index in [9.17, 15) is 9.59 Å². The maximum Gasteiger partial charge on any atom is 0.228 e. The van der Waals surface area contributed by atoms with E-state index < -0.39 is 0 Å². The van der Waals surface area contributed by atoms with Gasteiger partial charge in [0.15, 0.2) is 0 Å². The third-order valence-corrected chi connectivity index (χ3v) is 4.46. The van der Waals surface area contributed by atoms with Gasteiger partial charge in [0.2, 0.25) is 11.8 Å². The zero-order valence-corrected chi connectivity index (χ0v) is 15.2. The van der Waals surface area contributed by atoms with Crippen molar-refractivity contribution >= 4 is 23.2 Å². The summed E-state index contributed by atoms with van der Waals surface area (Å²) in [4.78, 5) is 25.9. The molecule has 3 rings (SSSR count). The minimum atomic E-state index is -0.0617. The van der Waals surface area contributed by atoms with Crippen LogP contribution >= 0.6 is 0 Å². The SMILES string of the molecule is CCOc1ccc(CC(=O)Nc2ccc3c(c2)CCCN3C(C)=O)cc1. The van der Waals surface area contributed by atoms with E-state index in [0.717, 1.165) is 47.6 Å². The average molecular weight is 352 g/mol. The quantitative estimate of drug-likeness (QED) is 0.895. The molecule has 136 valence electrons. The van der Waals surface area contributed by atoms with Crippen molar-refractivity contribution in [1.29, 1.82) is 0 Å². The Bertz CT molecular complexity index is 799. The number of hydrogen-bond donors (Lipinski definition) is 1. The summed E-state index contributed by atoms with van der Waals surface area (Å²) < 4.78 is 5.41. The molecule has 0 saturated heterocycles. The molecule has 1 aliphatic rings. The van der Waals surface area contributed by atoms with Crippen molar-refractivity contribution in [2.45, 2.75) is 33.1 Å². The van der Waals surface area contributed by atoms with Crippen LogP contribution in [0.4, 0.5) is 11.4 Å². The molecule has 0 unspecified atom stereocenters. The van der Waals surface area contributed by atoms with Gasteiger partial charge in [0.05, 0.1) is 13.0 Å². The lowest BCUT2D eigenvalue weighted by molar-refractivity contribution is -0.117. The maximum atomic E-state index is 12.3. The second-order valence-corrected chi connectivity index (χ2v) is 6.42. The van der Waals surface area contributed by atoms with Crippen LogP contribution in [0.3, 0.4) is 0 Å². The number of amides is 2. The number of fused-ring (bicyclic) bond motifs is 1. The highest BCUT2D eigenvalue weighted by Gasteiger charge is 2.20. The fourth-order valence-electron chi connectivity index (χ4n) is 3.26. The van der Waals surface area contributed by atoms with Gasteiger partial charge in [0.1, 0.15) is 5.75 Å². The van der Waals surface area contributed by atoms with E-state index in [1.165, 1.54) is 0 Å². The van der Waals surface area contributed by atoms with E-state index in [2.05, 4.69) is 5.32 Å². The largest absolute Gasteiger partial charge is 0.494 e. The van der Waals surface area contributed by atoms with Gasteiger partial charge in [-0.25, -0.2) is 0 Å². The van der Waals surface area contributed by atoms with Crippen LogP contribution in [-0.4, -0.2) is 25.0 Å². The van der Waals surface area contributed by atoms with Crippen LogP contribution in [0.1, 0.15) is 31.4 Å². The summed E-state index contributed by atoms with van der Waals surface area (Å²) in [6, 6.07) is 13.3. The zero-order valence-electron chi connectivity index (χ0n) is 15.2. The van der Waals surface area contributed by atoms with E-state index in [0.29, 0.717) is 13.0 Å². The molecular weight excluding hydrogens is 328 g/mol. The summed E-state index contributed by atoms with van der Waals surface area (Å²) >= 11 is 0. The van der Waals surface area contributed by atoms with E-state index in [1.807, 2.05) is 49.4 Å². The van der Waals surface area contributed by atoms with Gasteiger partial charge in [-0.3, -0.25) is 9.59 Å². The summed E-state index contributed by atoms with van der Waals surface area (Å²) in [6.07, 6.45) is 2.17. The predicted octanol–water partition coefficient (Wildman–Crippen LogP) is 3.57. The number of benzene rings is 2. The minimum Gasteiger partial charge on any atom is -0.494 e. The summed E-state index contributed by atoms with van der Waals surface area (Å²) in [5, 5.41) is 2.95. The molecule has 1 heterocycles. The van der Waals surface area contributed by atoms with Crippen molar-refractivity contribution in [2.75, 3.05) is 23.4 Å². The zero-order chi connectivity index (χ0) is 18.5. The number of nitrogens with one attached hydrogen (secondary N) is 1. The lowest BCUT2D eigenvalue weighted by Crippen LogP contribution is -2.33. The first kappa shape index (κ1) is 18.0. The molecule has 5 nitrogen and oxygen atoms in total. The Morgan fingerprint density at radius 3 is 2.62 bits per heavy atom. The molecule has 0 bridgehead atoms. The summed E-state index contributed by atoms with van der Waals surface area (Å²) in [5.41, 5.74) is 3.76. The first-order valence-corrected chi connectivity index (χ1v) is 8.99. The van der Waals surface area contributed by atoms with Gasteiger partial charge in [0.25, 0.3) is 0 Å². The molecule has 2 aromatic carbocycles. The molecule has 1 N–H and O–H groups in total. The molecule has 2 amide bonds. The Morgan fingerprint density at radius 2 is 1.92 bits per heavy atom. The van der Waals surface area contributed by atoms with Gasteiger partial charge in [-0.2, -0.15) is 0 Å². The van der Waals surface area contributed by atoms with Crippen molar-refractivity contribution in [1.82, 2.24) is 0 Å². The molecule has 0 atom stereocenters.